The number of anilines is 1. The van der Waals surface area contributed by atoms with E-state index in [1.165, 1.54) is 0 Å². The predicted octanol–water partition coefficient (Wildman–Crippen LogP) is 0.400. The first-order valence-electron chi connectivity index (χ1n) is 4.20. The number of nitrogens with one attached hydrogen (secondary N) is 3. The van der Waals surface area contributed by atoms with Gasteiger partial charge in [-0.05, 0) is 6.42 Å². The highest BCUT2D eigenvalue weighted by atomic mass is 15.3. The minimum absolute atomic E-state index is 0.0798. The Kier molecular flexibility index (Phi) is 3.07. The molecular weight excluding hydrogens is 180 g/mol. The van der Waals surface area contributed by atoms with Crippen LogP contribution in [0.3, 0.4) is 0 Å². The largest absolute Gasteiger partial charge is 0.317 e. The van der Waals surface area contributed by atoms with Gasteiger partial charge in [0.15, 0.2) is 6.19 Å². The van der Waals surface area contributed by atoms with Gasteiger partial charge in [0.25, 0.3) is 0 Å². The molecule has 0 aliphatic heterocycles. The molecule has 0 saturated heterocycles. The number of rotatable bonds is 2. The molecule has 0 radical (unpaired) electrons. The monoisotopic (exact) mass is 192 g/mol. The van der Waals surface area contributed by atoms with Crippen LogP contribution in [0.15, 0.2) is 6.20 Å². The van der Waals surface area contributed by atoms with Crippen molar-refractivity contribution in [3.05, 3.63) is 11.9 Å². The van der Waals surface area contributed by atoms with E-state index < -0.39 is 0 Å². The molecule has 0 atom stereocenters. The number of aromatic nitrogens is 2. The molecule has 6 nitrogen and oxygen atoms in total. The maximum Gasteiger partial charge on any atom is 0.209 e. The van der Waals surface area contributed by atoms with Gasteiger partial charge in [-0.1, -0.05) is 6.92 Å². The van der Waals surface area contributed by atoms with Crippen molar-refractivity contribution in [1.82, 2.24) is 14.9 Å². The Morgan fingerprint density at radius 2 is 2.50 bits per heavy atom. The van der Waals surface area contributed by atoms with E-state index in [9.17, 15) is 0 Å². The van der Waals surface area contributed by atoms with Crippen LogP contribution in [0.4, 0.5) is 5.95 Å². The number of nitriles is 1. The summed E-state index contributed by atoms with van der Waals surface area (Å²) in [7, 11) is 1.85. The maximum atomic E-state index is 8.27. The SMILES string of the molecule is CCc1cnc(NC(=N)NC#N)n1C. The van der Waals surface area contributed by atoms with Crippen molar-refractivity contribution in [2.24, 2.45) is 7.05 Å². The molecule has 1 aromatic heterocycles. The summed E-state index contributed by atoms with van der Waals surface area (Å²) in [5.74, 6) is 0.471. The number of aryl methyl sites for hydroxylation is 1. The maximum absolute atomic E-state index is 8.27. The van der Waals surface area contributed by atoms with E-state index in [1.807, 2.05) is 18.5 Å². The molecule has 1 rings (SSSR count). The van der Waals surface area contributed by atoms with Crippen molar-refractivity contribution in [2.45, 2.75) is 13.3 Å². The Morgan fingerprint density at radius 1 is 1.79 bits per heavy atom. The number of hydrogen-bond acceptors (Lipinski definition) is 3. The lowest BCUT2D eigenvalue weighted by molar-refractivity contribution is 0.842. The Balaban J connectivity index is 2.73. The minimum Gasteiger partial charge on any atom is -0.317 e. The second kappa shape index (κ2) is 4.28. The fraction of sp³-hybridized carbons (Fsp3) is 0.375. The highest BCUT2D eigenvalue weighted by Crippen LogP contribution is 2.07. The third-order valence-corrected chi connectivity index (χ3v) is 1.86. The summed E-state index contributed by atoms with van der Waals surface area (Å²) in [5, 5.41) is 20.4. The summed E-state index contributed by atoms with van der Waals surface area (Å²) in [4.78, 5) is 4.07. The molecule has 0 aromatic carbocycles. The molecule has 3 N–H and O–H groups in total. The predicted molar refractivity (Wildman–Crippen MR) is 52.7 cm³/mol. The highest BCUT2D eigenvalue weighted by molar-refractivity contribution is 5.90. The molecule has 1 heterocycles. The van der Waals surface area contributed by atoms with Crippen LogP contribution >= 0.6 is 0 Å². The van der Waals surface area contributed by atoms with Crippen LogP contribution in [0.5, 0.6) is 0 Å². The van der Waals surface area contributed by atoms with Gasteiger partial charge in [0.05, 0.1) is 6.20 Å². The lowest BCUT2D eigenvalue weighted by Crippen LogP contribution is -2.26. The van der Waals surface area contributed by atoms with Crippen LogP contribution in [0, 0.1) is 16.9 Å². The molecule has 0 fully saturated rings. The van der Waals surface area contributed by atoms with E-state index in [2.05, 4.69) is 15.6 Å². The summed E-state index contributed by atoms with van der Waals surface area (Å²) >= 11 is 0. The minimum atomic E-state index is -0.0798. The molecule has 0 amide bonds. The van der Waals surface area contributed by atoms with Crippen LogP contribution in [0.2, 0.25) is 0 Å². The quantitative estimate of drug-likeness (QED) is 0.274. The smallest absolute Gasteiger partial charge is 0.209 e. The molecule has 0 spiro atoms. The number of imidazole rings is 1. The third-order valence-electron chi connectivity index (χ3n) is 1.86. The van der Waals surface area contributed by atoms with Crippen LogP contribution in [0.1, 0.15) is 12.6 Å². The summed E-state index contributed by atoms with van der Waals surface area (Å²) < 4.78 is 1.84. The van der Waals surface area contributed by atoms with E-state index in [4.69, 9.17) is 10.7 Å². The van der Waals surface area contributed by atoms with E-state index in [0.717, 1.165) is 12.1 Å². The Labute approximate surface area is 82.1 Å². The van der Waals surface area contributed by atoms with Gasteiger partial charge in [-0.15, -0.1) is 0 Å². The van der Waals surface area contributed by atoms with Gasteiger partial charge in [-0.2, -0.15) is 5.26 Å². The van der Waals surface area contributed by atoms with Crippen LogP contribution in [0.25, 0.3) is 0 Å². The Bertz CT molecular complexity index is 372. The molecule has 0 aliphatic carbocycles. The second-order valence-electron chi connectivity index (χ2n) is 2.72. The van der Waals surface area contributed by atoms with Crippen molar-refractivity contribution < 1.29 is 0 Å². The molecular formula is C8H12N6. The van der Waals surface area contributed by atoms with Crippen LogP contribution in [-0.2, 0) is 13.5 Å². The van der Waals surface area contributed by atoms with Gasteiger partial charge in [-0.25, -0.2) is 4.98 Å². The molecule has 74 valence electrons. The van der Waals surface area contributed by atoms with Crippen LogP contribution in [-0.4, -0.2) is 15.5 Å². The van der Waals surface area contributed by atoms with E-state index >= 15 is 0 Å². The van der Waals surface area contributed by atoms with Crippen molar-refractivity contribution in [1.29, 1.82) is 10.7 Å². The summed E-state index contributed by atoms with van der Waals surface area (Å²) in [6, 6.07) is 0. The molecule has 0 saturated carbocycles. The average Bonchev–Trinajstić information content (AvgIpc) is 2.48. The van der Waals surface area contributed by atoms with Crippen molar-refractivity contribution >= 4 is 11.9 Å². The zero-order chi connectivity index (χ0) is 10.6. The van der Waals surface area contributed by atoms with Crippen molar-refractivity contribution in [3.8, 4) is 6.19 Å². The first-order chi connectivity index (χ1) is 6.69. The molecule has 6 heteroatoms. The molecule has 14 heavy (non-hydrogen) atoms. The van der Waals surface area contributed by atoms with Gasteiger partial charge in [0, 0.05) is 12.7 Å². The number of guanidine groups is 1. The standard InChI is InChI=1S/C8H12N6/c1-3-6-4-11-8(14(6)2)13-7(10)12-5-9/h4H,3H2,1-2H3,(H3,10,11,12,13). The zero-order valence-corrected chi connectivity index (χ0v) is 8.13. The molecule has 0 aliphatic rings. The summed E-state index contributed by atoms with van der Waals surface area (Å²) in [6.07, 6.45) is 4.27. The topological polar surface area (TPSA) is 89.5 Å². The normalized spacial score (nSPS) is 9.21. The van der Waals surface area contributed by atoms with Gasteiger partial charge in [0.2, 0.25) is 11.9 Å². The van der Waals surface area contributed by atoms with E-state index in [-0.39, 0.29) is 5.96 Å². The number of nitrogens with zero attached hydrogens (tertiary/aromatic N) is 3. The highest BCUT2D eigenvalue weighted by Gasteiger charge is 2.05. The van der Waals surface area contributed by atoms with Crippen LogP contribution < -0.4 is 10.6 Å². The average molecular weight is 192 g/mol. The first-order valence-corrected chi connectivity index (χ1v) is 4.20. The summed E-state index contributed by atoms with van der Waals surface area (Å²) in [5.41, 5.74) is 1.07. The van der Waals surface area contributed by atoms with Gasteiger partial charge in [0.1, 0.15) is 0 Å². The first kappa shape index (κ1) is 10.1. The van der Waals surface area contributed by atoms with E-state index in [1.54, 1.807) is 12.4 Å². The van der Waals surface area contributed by atoms with Crippen molar-refractivity contribution in [3.63, 3.8) is 0 Å². The van der Waals surface area contributed by atoms with Gasteiger partial charge < -0.3 is 4.57 Å². The van der Waals surface area contributed by atoms with Gasteiger partial charge >= 0.3 is 0 Å². The molecule has 0 unspecified atom stereocenters. The molecule has 1 aromatic rings. The molecule has 0 bridgehead atoms. The fourth-order valence-electron chi connectivity index (χ4n) is 1.09. The fourth-order valence-corrected chi connectivity index (χ4v) is 1.09. The lowest BCUT2D eigenvalue weighted by atomic mass is 10.4. The second-order valence-corrected chi connectivity index (χ2v) is 2.72. The zero-order valence-electron chi connectivity index (χ0n) is 8.13. The summed E-state index contributed by atoms with van der Waals surface area (Å²) in [6.45, 7) is 2.03. The van der Waals surface area contributed by atoms with Gasteiger partial charge in [-0.3, -0.25) is 16.0 Å². The Hall–Kier alpha value is -2.03. The van der Waals surface area contributed by atoms with E-state index in [0.29, 0.717) is 5.95 Å². The Morgan fingerprint density at radius 3 is 3.00 bits per heavy atom. The third kappa shape index (κ3) is 2.01. The lowest BCUT2D eigenvalue weighted by Gasteiger charge is -2.06. The van der Waals surface area contributed by atoms with Crippen molar-refractivity contribution in [2.75, 3.05) is 5.32 Å². The number of hydrogen-bond donors (Lipinski definition) is 3.